The summed E-state index contributed by atoms with van der Waals surface area (Å²) in [4.78, 5) is 25.8. The van der Waals surface area contributed by atoms with Crippen molar-refractivity contribution in [3.05, 3.63) is 90.3 Å². The number of pyridine rings is 3. The molecular formula is C99H193N9O16S. The summed E-state index contributed by atoms with van der Waals surface area (Å²) in [6.45, 7) is 47.4. The first-order chi connectivity index (χ1) is 60.8. The molecule has 0 radical (unpaired) electrons. The summed E-state index contributed by atoms with van der Waals surface area (Å²) in [6, 6.07) is 18.9. The highest BCUT2D eigenvalue weighted by Crippen LogP contribution is 2.19. The summed E-state index contributed by atoms with van der Waals surface area (Å²) in [6.07, 6.45) is 38.9. The number of thioether (sulfide) groups is 1. The van der Waals surface area contributed by atoms with Crippen LogP contribution in [-0.4, -0.2) is 335 Å². The Hall–Kier alpha value is -3.08. The van der Waals surface area contributed by atoms with Crippen molar-refractivity contribution in [3.63, 3.8) is 0 Å². The molecule has 0 aliphatic carbocycles. The van der Waals surface area contributed by atoms with Crippen molar-refractivity contribution in [2.75, 3.05) is 190 Å². The Morgan fingerprint density at radius 1 is 0.344 bits per heavy atom. The van der Waals surface area contributed by atoms with Crippen molar-refractivity contribution >= 4 is 11.8 Å². The van der Waals surface area contributed by atoms with E-state index in [4.69, 9.17) is 43.4 Å². The van der Waals surface area contributed by atoms with Gasteiger partial charge in [0, 0.05) is 141 Å². The monoisotopic (exact) mass is 1800 g/mol. The van der Waals surface area contributed by atoms with Crippen LogP contribution in [0.15, 0.2) is 73.2 Å². The summed E-state index contributed by atoms with van der Waals surface area (Å²) in [5.74, 6) is 1.54. The molecule has 0 aromatic carbocycles. The smallest absolute Gasteiger partial charge is 0.0975 e. The van der Waals surface area contributed by atoms with Crippen LogP contribution >= 0.6 is 11.8 Å². The van der Waals surface area contributed by atoms with Crippen molar-refractivity contribution in [1.82, 2.24) is 44.4 Å². The van der Waals surface area contributed by atoms with Gasteiger partial charge in [-0.1, -0.05) is 204 Å². The van der Waals surface area contributed by atoms with Gasteiger partial charge in [0.1, 0.15) is 0 Å². The van der Waals surface area contributed by atoms with Crippen molar-refractivity contribution in [2.45, 2.75) is 356 Å². The van der Waals surface area contributed by atoms with Gasteiger partial charge in [0.15, 0.2) is 0 Å². The van der Waals surface area contributed by atoms with E-state index in [1.807, 2.05) is 54.6 Å². The highest BCUT2D eigenvalue weighted by molar-refractivity contribution is 7.98. The maximum atomic E-state index is 10.3. The van der Waals surface area contributed by atoms with Crippen molar-refractivity contribution in [2.24, 2.45) is 0 Å². The third-order valence-corrected chi connectivity index (χ3v) is 22.4. The lowest BCUT2D eigenvalue weighted by atomic mass is 10.1. The Morgan fingerprint density at radius 3 is 0.928 bits per heavy atom. The number of aromatic nitrogens is 3. The lowest BCUT2D eigenvalue weighted by Crippen LogP contribution is -2.36. The number of nitrogens with zero attached hydrogens (tertiary/aromatic N) is 9. The molecule has 0 bridgehead atoms. The lowest BCUT2D eigenvalue weighted by molar-refractivity contribution is -0.0303. The van der Waals surface area contributed by atoms with E-state index in [-0.39, 0.29) is 57.1 Å². The zero-order valence-corrected chi connectivity index (χ0v) is 82.6. The van der Waals surface area contributed by atoms with Crippen LogP contribution in [0.25, 0.3) is 0 Å². The number of β-amino-alcohol motifs (C(OH)–C–C–N with tert-alkyl or cyclic N) is 2. The normalized spacial score (nSPS) is 15.7. The summed E-state index contributed by atoms with van der Waals surface area (Å²) < 4.78 is 37.8. The molecule has 3 aromatic rings. The largest absolute Gasteiger partial charge is 0.390 e. The van der Waals surface area contributed by atoms with E-state index in [1.54, 1.807) is 30.4 Å². The molecule has 5 heterocycles. The zero-order chi connectivity index (χ0) is 92.5. The van der Waals surface area contributed by atoms with Crippen molar-refractivity contribution in [3.8, 4) is 0 Å². The predicted molar refractivity (Wildman–Crippen MR) is 518 cm³/mol. The average molecular weight is 1800 g/mol. The van der Waals surface area contributed by atoms with E-state index in [0.717, 1.165) is 211 Å². The SMILES string of the molecule is CCCCCCCCN(CCCCCCCC)CC(O)COCCCC.CCCCOCC(O)CN(CC)CC.CCCCOCC(O)CN(CO)CO.CCCCOCC(O)CN(Cc1ccccn1)Cc1ccccn1.CCCCOCC(O)CN1CCCC1C.CCCCOCC(O)CN1CCC[C@@H]1C.CCCCOCC(O)CSCc1ccccn1. The topological polar surface area (TPSA) is 305 Å². The van der Waals surface area contributed by atoms with Crippen LogP contribution in [0.3, 0.4) is 0 Å². The zero-order valence-electron chi connectivity index (χ0n) is 81.8. The molecule has 0 amide bonds. The van der Waals surface area contributed by atoms with Gasteiger partial charge in [-0.2, -0.15) is 11.8 Å². The van der Waals surface area contributed by atoms with E-state index < -0.39 is 12.2 Å². The third kappa shape index (κ3) is 81.4. The standard InChI is InChI=1S/C23H49NO2.C19H27N3O2.C13H21NO2S.2C12H25NO2.C11H25NO2.C9H21NO4/c1-4-7-10-12-14-16-18-24(19-17-15-13-11-8-5-2)21-23(25)22-26-20-9-6-3;1-2-3-12-24-16-19(23)15-22(13-17-8-4-6-10-20-17)14-18-9-5-7-11-21-18;1-2-3-8-16-9-13(15)11-17-10-12-6-4-5-7-14-12;2*1-3-4-8-15-10-12(14)9-13-7-5-6-11(13)2;1-4-7-8-14-10-11(13)9-12(5-2)6-3;1-2-3-4-14-6-9(13)5-10(7-11)8-12/h23,25H,4-22H2,1-3H3;4-11,19,23H,2-3,12-16H2,1H3;4-7,13,15H,2-3,8-11H2,1H3;2*11-12,14H,3-10H2,1-2H3;11,13H,4-10H2,1-3H3;9,11-13H,2-8H2,1H3/t;;;11-,12?;;;/m...0.../s1. The molecule has 2 saturated heterocycles. The van der Waals surface area contributed by atoms with Gasteiger partial charge in [-0.3, -0.25) is 34.6 Å². The van der Waals surface area contributed by atoms with Gasteiger partial charge in [0.25, 0.3) is 0 Å². The number of unbranched alkanes of at least 4 members (excludes halogenated alkanes) is 17. The van der Waals surface area contributed by atoms with Gasteiger partial charge in [-0.05, 0) is 173 Å². The molecule has 2 aliphatic heterocycles. The van der Waals surface area contributed by atoms with Crippen LogP contribution in [0.1, 0.15) is 300 Å². The molecule has 9 N–H and O–H groups in total. The molecule has 0 spiro atoms. The van der Waals surface area contributed by atoms with Gasteiger partial charge in [-0.25, -0.2) is 0 Å². The fraction of sp³-hybridized carbons (Fsp3) is 0.848. The molecule has 2 aliphatic rings. The second-order valence-electron chi connectivity index (χ2n) is 33.7. The summed E-state index contributed by atoms with van der Waals surface area (Å²) in [7, 11) is 0. The first-order valence-electron chi connectivity index (χ1n) is 49.5. The van der Waals surface area contributed by atoms with Gasteiger partial charge < -0.3 is 88.9 Å². The third-order valence-electron chi connectivity index (χ3n) is 21.3. The van der Waals surface area contributed by atoms with Crippen LogP contribution in [0.2, 0.25) is 0 Å². The summed E-state index contributed by atoms with van der Waals surface area (Å²) >= 11 is 1.69. The van der Waals surface area contributed by atoms with Crippen LogP contribution in [-0.2, 0) is 52.0 Å². The number of likely N-dealkylation sites (N-methyl/N-ethyl adjacent to an activating group) is 1. The maximum Gasteiger partial charge on any atom is 0.0975 e. The number of ether oxygens (including phenoxy) is 7. The Kier molecular flexibility index (Phi) is 93.3. The minimum atomic E-state index is -0.661. The van der Waals surface area contributed by atoms with E-state index >= 15 is 0 Å². The molecule has 2 fully saturated rings. The molecule has 5 rings (SSSR count). The number of likely N-dealkylation sites (tertiary alicyclic amines) is 2. The van der Waals surface area contributed by atoms with Crippen molar-refractivity contribution < 1.29 is 79.1 Å². The molecular weight excluding hydrogens is 1600 g/mol. The van der Waals surface area contributed by atoms with Gasteiger partial charge in [-0.15, -0.1) is 0 Å². The Bertz CT molecular complexity index is 2450. The van der Waals surface area contributed by atoms with E-state index in [0.29, 0.717) is 90.3 Å². The summed E-state index contributed by atoms with van der Waals surface area (Å²) in [5, 5.41) is 86.1. The van der Waals surface area contributed by atoms with Crippen LogP contribution in [0, 0.1) is 0 Å². The minimum Gasteiger partial charge on any atom is -0.390 e. The second kappa shape index (κ2) is 94.1. The molecule has 8 unspecified atom stereocenters. The number of rotatable bonds is 73. The van der Waals surface area contributed by atoms with Crippen molar-refractivity contribution in [1.29, 1.82) is 0 Å². The highest BCUT2D eigenvalue weighted by Gasteiger charge is 2.24. The molecule has 25 nitrogen and oxygen atoms in total. The fourth-order valence-electron chi connectivity index (χ4n) is 13.5. The lowest BCUT2D eigenvalue weighted by Gasteiger charge is -2.25. The van der Waals surface area contributed by atoms with Crippen LogP contribution in [0.5, 0.6) is 0 Å². The number of aliphatic hydroxyl groups is 9. The highest BCUT2D eigenvalue weighted by atomic mass is 32.2. The molecule has 3 aromatic heterocycles. The van der Waals surface area contributed by atoms with Gasteiger partial charge in [0.2, 0.25) is 0 Å². The average Bonchev–Trinajstić information content (AvgIpc) is 1.42. The minimum absolute atomic E-state index is 0.221. The van der Waals surface area contributed by atoms with E-state index in [1.165, 1.54) is 108 Å². The number of hydrogen-bond acceptors (Lipinski definition) is 26. The van der Waals surface area contributed by atoms with Crippen LogP contribution < -0.4 is 0 Å². The fourth-order valence-corrected chi connectivity index (χ4v) is 14.3. The quantitative estimate of drug-likeness (QED) is 0.0187. The number of hydrogen-bond donors (Lipinski definition) is 9. The Morgan fingerprint density at radius 2 is 0.632 bits per heavy atom. The molecule has 736 valence electrons. The summed E-state index contributed by atoms with van der Waals surface area (Å²) in [5.41, 5.74) is 3.01. The van der Waals surface area contributed by atoms with Gasteiger partial charge >= 0.3 is 0 Å². The first kappa shape index (κ1) is 124. The van der Waals surface area contributed by atoms with E-state index in [2.05, 4.69) is 129 Å². The van der Waals surface area contributed by atoms with Gasteiger partial charge in [0.05, 0.1) is 120 Å². The Balaban J connectivity index is 0. The molecule has 9 atom stereocenters. The predicted octanol–water partition coefficient (Wildman–Crippen LogP) is 15.5. The Labute approximate surface area is 768 Å². The van der Waals surface area contributed by atoms with Crippen LogP contribution in [0.4, 0.5) is 0 Å². The second-order valence-corrected chi connectivity index (χ2v) is 34.7. The molecule has 0 saturated carbocycles. The first-order valence-corrected chi connectivity index (χ1v) is 50.6. The number of aliphatic hydroxyl groups excluding tert-OH is 9. The van der Waals surface area contributed by atoms with E-state index in [9.17, 15) is 35.7 Å². The molecule has 125 heavy (non-hydrogen) atoms. The molecule has 26 heteroatoms. The maximum absolute atomic E-state index is 10.3.